The zero-order valence-corrected chi connectivity index (χ0v) is 17.3. The van der Waals surface area contributed by atoms with Crippen LogP contribution in [0.3, 0.4) is 0 Å². The van der Waals surface area contributed by atoms with Crippen LogP contribution in [-0.2, 0) is 4.79 Å². The average Bonchev–Trinajstić information content (AvgIpc) is 3.26. The van der Waals surface area contributed by atoms with Crippen molar-refractivity contribution < 1.29 is 4.79 Å². The third-order valence-corrected chi connectivity index (χ3v) is 5.99. The van der Waals surface area contributed by atoms with Gasteiger partial charge in [-0.3, -0.25) is 4.79 Å². The van der Waals surface area contributed by atoms with Crippen molar-refractivity contribution in [1.29, 1.82) is 0 Å². The molecule has 0 saturated carbocycles. The number of carbonyl (C=O) groups is 1. The van der Waals surface area contributed by atoms with Crippen molar-refractivity contribution in [2.75, 3.05) is 11.1 Å². The Morgan fingerprint density at radius 2 is 2.07 bits per heavy atom. The van der Waals surface area contributed by atoms with Gasteiger partial charge in [-0.1, -0.05) is 56.7 Å². The van der Waals surface area contributed by atoms with E-state index in [1.807, 2.05) is 49.4 Å². The second-order valence-electron chi connectivity index (χ2n) is 5.68. The number of thioether (sulfide) groups is 1. The highest BCUT2D eigenvalue weighted by Gasteiger charge is 2.13. The first-order valence-corrected chi connectivity index (χ1v) is 10.5. The molecule has 0 spiro atoms. The molecule has 7 nitrogen and oxygen atoms in total. The van der Waals surface area contributed by atoms with Crippen LogP contribution in [-0.4, -0.2) is 36.9 Å². The maximum absolute atomic E-state index is 12.3. The van der Waals surface area contributed by atoms with E-state index < -0.39 is 0 Å². The van der Waals surface area contributed by atoms with Crippen molar-refractivity contribution in [3.63, 3.8) is 0 Å². The van der Waals surface area contributed by atoms with Crippen LogP contribution in [0.15, 0.2) is 52.1 Å². The van der Waals surface area contributed by atoms with Crippen molar-refractivity contribution in [3.05, 3.63) is 52.5 Å². The van der Waals surface area contributed by atoms with Gasteiger partial charge in [0.1, 0.15) is 0 Å². The number of tetrazole rings is 1. The van der Waals surface area contributed by atoms with E-state index in [1.54, 1.807) is 4.68 Å². The highest BCUT2D eigenvalue weighted by Crippen LogP contribution is 2.28. The molecule has 27 heavy (non-hydrogen) atoms. The number of thiazole rings is 1. The normalized spacial score (nSPS) is 11.0. The van der Waals surface area contributed by atoms with Crippen molar-refractivity contribution in [1.82, 2.24) is 25.2 Å². The minimum absolute atomic E-state index is 0.156. The molecule has 0 radical (unpaired) electrons. The monoisotopic (exact) mass is 460 g/mol. The summed E-state index contributed by atoms with van der Waals surface area (Å²) < 4.78 is 3.61. The van der Waals surface area contributed by atoms with Gasteiger partial charge in [-0.2, -0.15) is 4.68 Å². The van der Waals surface area contributed by atoms with Crippen LogP contribution in [0.2, 0.25) is 0 Å². The van der Waals surface area contributed by atoms with E-state index in [2.05, 4.69) is 41.8 Å². The van der Waals surface area contributed by atoms with Gasteiger partial charge in [0, 0.05) is 4.47 Å². The number of fused-ring (bicyclic) bond motifs is 1. The van der Waals surface area contributed by atoms with Crippen LogP contribution < -0.4 is 5.32 Å². The molecule has 0 unspecified atom stereocenters. The second-order valence-corrected chi connectivity index (χ2v) is 8.57. The van der Waals surface area contributed by atoms with Gasteiger partial charge in [0.2, 0.25) is 11.1 Å². The average molecular weight is 461 g/mol. The maximum Gasteiger partial charge on any atom is 0.236 e. The molecule has 0 aliphatic heterocycles. The second kappa shape index (κ2) is 7.75. The number of nitrogens with zero attached hydrogens (tertiary/aromatic N) is 5. The maximum atomic E-state index is 12.3. The van der Waals surface area contributed by atoms with E-state index in [1.165, 1.54) is 23.1 Å². The molecule has 0 atom stereocenters. The molecule has 1 amide bonds. The van der Waals surface area contributed by atoms with Crippen molar-refractivity contribution in [2.24, 2.45) is 0 Å². The summed E-state index contributed by atoms with van der Waals surface area (Å²) in [6.45, 7) is 2.02. The van der Waals surface area contributed by atoms with Gasteiger partial charge in [-0.25, -0.2) is 4.98 Å². The first kappa shape index (κ1) is 18.1. The minimum atomic E-state index is -0.156. The number of hydrogen-bond acceptors (Lipinski definition) is 7. The quantitative estimate of drug-likeness (QED) is 0.451. The number of aryl methyl sites for hydroxylation is 1. The third-order valence-electron chi connectivity index (χ3n) is 3.65. The molecule has 0 bridgehead atoms. The van der Waals surface area contributed by atoms with Crippen molar-refractivity contribution >= 4 is 60.3 Å². The van der Waals surface area contributed by atoms with Crippen LogP contribution in [0.1, 0.15) is 5.56 Å². The van der Waals surface area contributed by atoms with E-state index in [-0.39, 0.29) is 11.7 Å². The summed E-state index contributed by atoms with van der Waals surface area (Å²) >= 11 is 6.15. The highest BCUT2D eigenvalue weighted by atomic mass is 79.9. The summed E-state index contributed by atoms with van der Waals surface area (Å²) in [5.41, 5.74) is 2.86. The number of benzene rings is 2. The van der Waals surface area contributed by atoms with Crippen LogP contribution in [0.4, 0.5) is 5.13 Å². The molecule has 0 aliphatic rings. The van der Waals surface area contributed by atoms with E-state index in [9.17, 15) is 4.79 Å². The lowest BCUT2D eigenvalue weighted by Gasteiger charge is -2.04. The fourth-order valence-corrected chi connectivity index (χ4v) is 4.48. The van der Waals surface area contributed by atoms with Crippen molar-refractivity contribution in [3.8, 4) is 5.69 Å². The van der Waals surface area contributed by atoms with Crippen LogP contribution >= 0.6 is 39.0 Å². The highest BCUT2D eigenvalue weighted by molar-refractivity contribution is 9.10. The van der Waals surface area contributed by atoms with Gasteiger partial charge in [0.15, 0.2) is 5.13 Å². The molecule has 4 rings (SSSR count). The lowest BCUT2D eigenvalue weighted by atomic mass is 10.2. The molecule has 136 valence electrons. The summed E-state index contributed by atoms with van der Waals surface area (Å²) in [5, 5.41) is 15.7. The molecular formula is C17H13BrN6OS2. The Kier molecular flexibility index (Phi) is 5.19. The standard InChI is InChI=1S/C17H13BrN6OS2/c1-10-2-5-12(6-3-10)24-17(21-22-23-24)26-9-15(25)20-16-19-13-7-4-11(18)8-14(13)27-16/h2-8H,9H2,1H3,(H,19,20,25). The number of rotatable bonds is 5. The Balaban J connectivity index is 1.42. The Hall–Kier alpha value is -2.30. The summed E-state index contributed by atoms with van der Waals surface area (Å²) in [6.07, 6.45) is 0. The Morgan fingerprint density at radius 3 is 2.89 bits per heavy atom. The van der Waals surface area contributed by atoms with Gasteiger partial charge < -0.3 is 5.32 Å². The number of amides is 1. The largest absolute Gasteiger partial charge is 0.301 e. The van der Waals surface area contributed by atoms with Gasteiger partial charge in [-0.15, -0.1) is 5.10 Å². The summed E-state index contributed by atoms with van der Waals surface area (Å²) in [5.74, 6) is 0.0304. The van der Waals surface area contributed by atoms with Gasteiger partial charge >= 0.3 is 0 Å². The number of anilines is 1. The van der Waals surface area contributed by atoms with E-state index in [4.69, 9.17) is 0 Å². The zero-order valence-electron chi connectivity index (χ0n) is 14.1. The smallest absolute Gasteiger partial charge is 0.236 e. The van der Waals surface area contributed by atoms with Gasteiger partial charge in [0.05, 0.1) is 21.7 Å². The fraction of sp³-hybridized carbons (Fsp3) is 0.118. The first-order chi connectivity index (χ1) is 13.1. The lowest BCUT2D eigenvalue weighted by Crippen LogP contribution is -2.14. The van der Waals surface area contributed by atoms with Crippen LogP contribution in [0.25, 0.3) is 15.9 Å². The predicted molar refractivity (Wildman–Crippen MR) is 111 cm³/mol. The molecule has 2 heterocycles. The number of hydrogen-bond donors (Lipinski definition) is 1. The molecule has 2 aromatic heterocycles. The van der Waals surface area contributed by atoms with Crippen LogP contribution in [0, 0.1) is 6.92 Å². The molecule has 4 aromatic rings. The molecule has 0 saturated heterocycles. The van der Waals surface area contributed by atoms with E-state index in [0.717, 1.165) is 25.9 Å². The molecule has 0 fully saturated rings. The van der Waals surface area contributed by atoms with Gasteiger partial charge in [0.25, 0.3) is 0 Å². The zero-order chi connectivity index (χ0) is 18.8. The summed E-state index contributed by atoms with van der Waals surface area (Å²) in [7, 11) is 0. The van der Waals surface area contributed by atoms with Gasteiger partial charge in [-0.05, 0) is 47.7 Å². The molecule has 10 heteroatoms. The Labute approximate surface area is 171 Å². The SMILES string of the molecule is Cc1ccc(-n2nnnc2SCC(=O)Nc2nc3ccc(Br)cc3s2)cc1. The number of halogens is 1. The lowest BCUT2D eigenvalue weighted by molar-refractivity contribution is -0.113. The van der Waals surface area contributed by atoms with Crippen LogP contribution in [0.5, 0.6) is 0 Å². The fourth-order valence-electron chi connectivity index (χ4n) is 2.35. The summed E-state index contributed by atoms with van der Waals surface area (Å²) in [6, 6.07) is 13.7. The molecule has 0 aliphatic carbocycles. The first-order valence-electron chi connectivity index (χ1n) is 7.93. The Morgan fingerprint density at radius 1 is 1.26 bits per heavy atom. The topological polar surface area (TPSA) is 85.6 Å². The number of carbonyl (C=O) groups excluding carboxylic acids is 1. The molecule has 2 aromatic carbocycles. The number of aromatic nitrogens is 5. The molecular weight excluding hydrogens is 448 g/mol. The number of nitrogens with one attached hydrogen (secondary N) is 1. The van der Waals surface area contributed by atoms with E-state index in [0.29, 0.717) is 10.3 Å². The minimum Gasteiger partial charge on any atom is -0.301 e. The van der Waals surface area contributed by atoms with E-state index >= 15 is 0 Å². The summed E-state index contributed by atoms with van der Waals surface area (Å²) in [4.78, 5) is 16.7. The predicted octanol–water partition coefficient (Wildman–Crippen LogP) is 4.07. The van der Waals surface area contributed by atoms with Crippen molar-refractivity contribution in [2.45, 2.75) is 12.1 Å². The third kappa shape index (κ3) is 4.18. The molecule has 1 N–H and O–H groups in total. The Bertz CT molecular complexity index is 1110.